The number of aromatic nitrogens is 1. The predicted molar refractivity (Wildman–Crippen MR) is 61.3 cm³/mol. The van der Waals surface area contributed by atoms with E-state index in [-0.39, 0.29) is 17.8 Å². The van der Waals surface area contributed by atoms with Crippen LogP contribution in [-0.2, 0) is 0 Å². The van der Waals surface area contributed by atoms with Crippen molar-refractivity contribution in [3.63, 3.8) is 0 Å². The SMILES string of the molecule is CC(C)(CO)CNc1ncc(Br)cc1F. The van der Waals surface area contributed by atoms with E-state index in [1.165, 1.54) is 12.3 Å². The molecule has 1 aromatic heterocycles. The third-order valence-corrected chi connectivity index (χ3v) is 2.40. The lowest BCUT2D eigenvalue weighted by Gasteiger charge is -2.22. The Morgan fingerprint density at radius 1 is 1.60 bits per heavy atom. The molecule has 0 atom stereocenters. The van der Waals surface area contributed by atoms with Gasteiger partial charge in [0.1, 0.15) is 0 Å². The lowest BCUT2D eigenvalue weighted by Crippen LogP contribution is -2.27. The van der Waals surface area contributed by atoms with Crippen molar-refractivity contribution in [1.29, 1.82) is 0 Å². The molecule has 0 spiro atoms. The number of hydrogen-bond acceptors (Lipinski definition) is 3. The van der Waals surface area contributed by atoms with Crippen molar-refractivity contribution in [2.45, 2.75) is 13.8 Å². The van der Waals surface area contributed by atoms with E-state index in [0.717, 1.165) is 0 Å². The normalized spacial score (nSPS) is 11.5. The van der Waals surface area contributed by atoms with Gasteiger partial charge in [-0.3, -0.25) is 0 Å². The minimum atomic E-state index is -0.405. The lowest BCUT2D eigenvalue weighted by atomic mass is 9.95. The molecular formula is C10H14BrFN2O. The molecule has 0 amide bonds. The minimum absolute atomic E-state index is 0.0398. The number of nitrogens with one attached hydrogen (secondary N) is 1. The van der Waals surface area contributed by atoms with E-state index < -0.39 is 5.82 Å². The van der Waals surface area contributed by atoms with Crippen LogP contribution in [0.1, 0.15) is 13.8 Å². The van der Waals surface area contributed by atoms with E-state index in [1.807, 2.05) is 13.8 Å². The molecule has 15 heavy (non-hydrogen) atoms. The molecule has 3 nitrogen and oxygen atoms in total. The number of pyridine rings is 1. The van der Waals surface area contributed by atoms with E-state index in [0.29, 0.717) is 11.0 Å². The molecule has 0 saturated heterocycles. The monoisotopic (exact) mass is 276 g/mol. The van der Waals surface area contributed by atoms with Crippen molar-refractivity contribution in [2.75, 3.05) is 18.5 Å². The van der Waals surface area contributed by atoms with Crippen molar-refractivity contribution in [2.24, 2.45) is 5.41 Å². The highest BCUT2D eigenvalue weighted by Gasteiger charge is 2.17. The topological polar surface area (TPSA) is 45.1 Å². The highest BCUT2D eigenvalue weighted by Crippen LogP contribution is 2.19. The smallest absolute Gasteiger partial charge is 0.166 e. The van der Waals surface area contributed by atoms with Crippen LogP contribution < -0.4 is 5.32 Å². The molecule has 0 aliphatic heterocycles. The summed E-state index contributed by atoms with van der Waals surface area (Å²) in [5.41, 5.74) is -0.290. The van der Waals surface area contributed by atoms with E-state index in [2.05, 4.69) is 26.2 Å². The fourth-order valence-corrected chi connectivity index (χ4v) is 1.23. The largest absolute Gasteiger partial charge is 0.396 e. The average molecular weight is 277 g/mol. The maximum Gasteiger partial charge on any atom is 0.166 e. The first-order valence-corrected chi connectivity index (χ1v) is 5.40. The van der Waals surface area contributed by atoms with Gasteiger partial charge in [0.25, 0.3) is 0 Å². The van der Waals surface area contributed by atoms with Gasteiger partial charge in [0.05, 0.1) is 0 Å². The molecule has 5 heteroatoms. The standard InChI is InChI=1S/C10H14BrFN2O/c1-10(2,6-15)5-14-9-8(12)3-7(11)4-13-9/h3-4,15H,5-6H2,1-2H3,(H,13,14). The van der Waals surface area contributed by atoms with Gasteiger partial charge in [-0.1, -0.05) is 13.8 Å². The summed E-state index contributed by atoms with van der Waals surface area (Å²) in [6.07, 6.45) is 1.53. The molecule has 0 aliphatic rings. The van der Waals surface area contributed by atoms with Gasteiger partial charge in [-0.05, 0) is 22.0 Å². The van der Waals surface area contributed by atoms with Gasteiger partial charge in [-0.15, -0.1) is 0 Å². The molecule has 84 valence electrons. The van der Waals surface area contributed by atoms with Gasteiger partial charge in [-0.2, -0.15) is 0 Å². The molecule has 0 aliphatic carbocycles. The minimum Gasteiger partial charge on any atom is -0.396 e. The first-order chi connectivity index (χ1) is 6.94. The molecule has 1 aromatic rings. The second-order valence-electron chi connectivity index (χ2n) is 4.16. The molecule has 0 radical (unpaired) electrons. The zero-order chi connectivity index (χ0) is 11.5. The Kier molecular flexibility index (Phi) is 4.04. The van der Waals surface area contributed by atoms with Gasteiger partial charge >= 0.3 is 0 Å². The zero-order valence-corrected chi connectivity index (χ0v) is 10.3. The number of aliphatic hydroxyl groups is 1. The Balaban J connectivity index is 2.66. The number of aliphatic hydroxyl groups excluding tert-OH is 1. The second kappa shape index (κ2) is 4.90. The van der Waals surface area contributed by atoms with Crippen molar-refractivity contribution in [3.05, 3.63) is 22.6 Å². The Bertz CT molecular complexity index is 344. The third kappa shape index (κ3) is 3.76. The first kappa shape index (κ1) is 12.4. The lowest BCUT2D eigenvalue weighted by molar-refractivity contribution is 0.170. The van der Waals surface area contributed by atoms with E-state index >= 15 is 0 Å². The number of halogens is 2. The molecule has 1 rings (SSSR count). The highest BCUT2D eigenvalue weighted by molar-refractivity contribution is 9.10. The van der Waals surface area contributed by atoms with E-state index in [4.69, 9.17) is 5.11 Å². The van der Waals surface area contributed by atoms with Crippen LogP contribution in [0.4, 0.5) is 10.2 Å². The quantitative estimate of drug-likeness (QED) is 0.888. The predicted octanol–water partition coefficient (Wildman–Crippen LogP) is 2.41. The van der Waals surface area contributed by atoms with Crippen molar-refractivity contribution in [3.8, 4) is 0 Å². The number of nitrogens with zero attached hydrogens (tertiary/aromatic N) is 1. The Hall–Kier alpha value is -0.680. The Labute approximate surface area is 96.9 Å². The van der Waals surface area contributed by atoms with Crippen LogP contribution in [0, 0.1) is 11.2 Å². The Morgan fingerprint density at radius 3 is 2.80 bits per heavy atom. The summed E-state index contributed by atoms with van der Waals surface area (Å²) in [4.78, 5) is 3.90. The van der Waals surface area contributed by atoms with Gasteiger partial charge in [0, 0.05) is 29.2 Å². The molecule has 2 N–H and O–H groups in total. The van der Waals surface area contributed by atoms with Gasteiger partial charge in [0.15, 0.2) is 11.6 Å². The van der Waals surface area contributed by atoms with Crippen molar-refractivity contribution < 1.29 is 9.50 Å². The summed E-state index contributed by atoms with van der Waals surface area (Å²) in [5.74, 6) is -0.196. The van der Waals surface area contributed by atoms with Crippen LogP contribution in [0.25, 0.3) is 0 Å². The second-order valence-corrected chi connectivity index (χ2v) is 5.08. The van der Waals surface area contributed by atoms with Crippen molar-refractivity contribution >= 4 is 21.7 Å². The van der Waals surface area contributed by atoms with Crippen LogP contribution in [-0.4, -0.2) is 23.2 Å². The van der Waals surface area contributed by atoms with Gasteiger partial charge < -0.3 is 10.4 Å². The molecule has 1 heterocycles. The molecule has 0 saturated carbocycles. The molecule has 0 fully saturated rings. The number of anilines is 1. The summed E-state index contributed by atoms with van der Waals surface area (Å²) in [7, 11) is 0. The van der Waals surface area contributed by atoms with Crippen LogP contribution in [0.2, 0.25) is 0 Å². The van der Waals surface area contributed by atoms with E-state index in [1.54, 1.807) is 0 Å². The molecule has 0 aromatic carbocycles. The summed E-state index contributed by atoms with van der Waals surface area (Å²) in [6, 6.07) is 1.35. The van der Waals surface area contributed by atoms with Crippen molar-refractivity contribution in [1.82, 2.24) is 4.98 Å². The average Bonchev–Trinajstić information content (AvgIpc) is 2.16. The van der Waals surface area contributed by atoms with Crippen LogP contribution in [0.5, 0.6) is 0 Å². The summed E-state index contributed by atoms with van der Waals surface area (Å²) >= 11 is 3.13. The third-order valence-electron chi connectivity index (χ3n) is 1.97. The molecule has 0 unspecified atom stereocenters. The Morgan fingerprint density at radius 2 is 2.27 bits per heavy atom. The number of rotatable bonds is 4. The van der Waals surface area contributed by atoms with Gasteiger partial charge in [0.2, 0.25) is 0 Å². The van der Waals surface area contributed by atoms with Gasteiger partial charge in [-0.25, -0.2) is 9.37 Å². The number of hydrogen-bond donors (Lipinski definition) is 2. The maximum absolute atomic E-state index is 13.3. The summed E-state index contributed by atoms with van der Waals surface area (Å²) < 4.78 is 13.9. The molecular weight excluding hydrogens is 263 g/mol. The van der Waals surface area contributed by atoms with Crippen LogP contribution in [0.15, 0.2) is 16.7 Å². The molecule has 0 bridgehead atoms. The highest BCUT2D eigenvalue weighted by atomic mass is 79.9. The summed E-state index contributed by atoms with van der Waals surface area (Å²) in [6.45, 7) is 4.28. The zero-order valence-electron chi connectivity index (χ0n) is 8.72. The van der Waals surface area contributed by atoms with E-state index in [9.17, 15) is 4.39 Å². The maximum atomic E-state index is 13.3. The fraction of sp³-hybridized carbons (Fsp3) is 0.500. The van der Waals surface area contributed by atoms with Crippen LogP contribution >= 0.6 is 15.9 Å². The first-order valence-electron chi connectivity index (χ1n) is 4.60. The summed E-state index contributed by atoms with van der Waals surface area (Å²) in [5, 5.41) is 11.9. The van der Waals surface area contributed by atoms with Crippen LogP contribution in [0.3, 0.4) is 0 Å². The fourth-order valence-electron chi connectivity index (χ4n) is 0.924.